The summed E-state index contributed by atoms with van der Waals surface area (Å²) in [6.45, 7) is 5.04. The number of carboxylic acid groups (broad SMARTS) is 1. The molecule has 0 aliphatic heterocycles. The summed E-state index contributed by atoms with van der Waals surface area (Å²) >= 11 is 0. The minimum Gasteiger partial charge on any atom is -0.481 e. The van der Waals surface area contributed by atoms with E-state index in [4.69, 9.17) is 10.4 Å². The molecule has 0 bridgehead atoms. The second-order valence-electron chi connectivity index (χ2n) is 4.53. The van der Waals surface area contributed by atoms with Gasteiger partial charge < -0.3 is 5.11 Å². The molecular weight excluding hydrogens is 247 g/mol. The summed E-state index contributed by atoms with van der Waals surface area (Å²) in [7, 11) is 0. The van der Waals surface area contributed by atoms with Gasteiger partial charge in [-0.25, -0.2) is 4.39 Å². The topological polar surface area (TPSA) is 64.3 Å². The highest BCUT2D eigenvalue weighted by atomic mass is 19.1. The maximum absolute atomic E-state index is 13.3. The lowest BCUT2D eigenvalue weighted by molar-refractivity contribution is -0.141. The standard InChI is InChI=1S/C14H17FN2O2/c1-3-17(8-10(2)14(18)19)9-12-4-11(7-16)5-13(15)6-12/h4-6,10H,3,8-9H2,1-2H3,(H,18,19). The summed E-state index contributed by atoms with van der Waals surface area (Å²) in [5.41, 5.74) is 0.952. The fraction of sp³-hybridized carbons (Fsp3) is 0.429. The van der Waals surface area contributed by atoms with Gasteiger partial charge >= 0.3 is 5.97 Å². The number of benzene rings is 1. The number of nitriles is 1. The number of aliphatic carboxylic acids is 1. The number of rotatable bonds is 6. The first kappa shape index (κ1) is 15.1. The second-order valence-corrected chi connectivity index (χ2v) is 4.53. The molecule has 0 aliphatic carbocycles. The summed E-state index contributed by atoms with van der Waals surface area (Å²) in [5.74, 6) is -1.78. The first-order valence-corrected chi connectivity index (χ1v) is 6.11. The third-order valence-corrected chi connectivity index (χ3v) is 2.89. The summed E-state index contributed by atoms with van der Waals surface area (Å²) in [5, 5.41) is 17.7. The number of carboxylic acids is 1. The largest absolute Gasteiger partial charge is 0.481 e. The predicted molar refractivity (Wildman–Crippen MR) is 68.9 cm³/mol. The molecule has 0 saturated heterocycles. The van der Waals surface area contributed by atoms with Crippen molar-refractivity contribution >= 4 is 5.97 Å². The van der Waals surface area contributed by atoms with Gasteiger partial charge in [0.05, 0.1) is 17.6 Å². The van der Waals surface area contributed by atoms with Crippen LogP contribution in [0, 0.1) is 23.1 Å². The van der Waals surface area contributed by atoms with Crippen molar-refractivity contribution < 1.29 is 14.3 Å². The van der Waals surface area contributed by atoms with E-state index in [1.165, 1.54) is 12.1 Å². The van der Waals surface area contributed by atoms with E-state index in [-0.39, 0.29) is 5.56 Å². The molecule has 0 aromatic heterocycles. The maximum Gasteiger partial charge on any atom is 0.307 e. The van der Waals surface area contributed by atoms with E-state index in [9.17, 15) is 9.18 Å². The van der Waals surface area contributed by atoms with Gasteiger partial charge in [-0.1, -0.05) is 13.8 Å². The second kappa shape index (κ2) is 6.86. The van der Waals surface area contributed by atoms with Gasteiger partial charge in [-0.3, -0.25) is 9.69 Å². The van der Waals surface area contributed by atoms with E-state index >= 15 is 0 Å². The number of carbonyl (C=O) groups is 1. The molecule has 0 fully saturated rings. The molecule has 0 radical (unpaired) electrons. The Hall–Kier alpha value is -1.93. The Kier molecular flexibility index (Phi) is 5.46. The van der Waals surface area contributed by atoms with Gasteiger partial charge in [0, 0.05) is 13.1 Å². The average Bonchev–Trinajstić information content (AvgIpc) is 2.36. The lowest BCUT2D eigenvalue weighted by Crippen LogP contribution is -2.31. The van der Waals surface area contributed by atoms with Crippen LogP contribution in [0.2, 0.25) is 0 Å². The first-order valence-electron chi connectivity index (χ1n) is 6.11. The number of hydrogen-bond donors (Lipinski definition) is 1. The zero-order valence-electron chi connectivity index (χ0n) is 11.1. The molecule has 0 aliphatic rings. The molecule has 1 unspecified atom stereocenters. The van der Waals surface area contributed by atoms with E-state index in [2.05, 4.69) is 0 Å². The number of hydrogen-bond acceptors (Lipinski definition) is 3. The van der Waals surface area contributed by atoms with Crippen LogP contribution in [0.25, 0.3) is 0 Å². The minimum absolute atomic E-state index is 0.275. The van der Waals surface area contributed by atoms with Crippen molar-refractivity contribution in [1.82, 2.24) is 4.90 Å². The third-order valence-electron chi connectivity index (χ3n) is 2.89. The molecule has 1 N–H and O–H groups in total. The van der Waals surface area contributed by atoms with Crippen molar-refractivity contribution in [3.8, 4) is 6.07 Å². The van der Waals surface area contributed by atoms with Crippen LogP contribution in [-0.4, -0.2) is 29.1 Å². The van der Waals surface area contributed by atoms with Crippen LogP contribution in [0.5, 0.6) is 0 Å². The summed E-state index contributed by atoms with van der Waals surface area (Å²) in [4.78, 5) is 12.7. The van der Waals surface area contributed by atoms with Crippen LogP contribution in [-0.2, 0) is 11.3 Å². The lowest BCUT2D eigenvalue weighted by atomic mass is 10.1. The quantitative estimate of drug-likeness (QED) is 0.855. The van der Waals surface area contributed by atoms with Crippen molar-refractivity contribution in [1.29, 1.82) is 5.26 Å². The highest BCUT2D eigenvalue weighted by Gasteiger charge is 2.15. The molecule has 1 aromatic carbocycles. The molecule has 1 rings (SSSR count). The molecule has 0 spiro atoms. The molecule has 102 valence electrons. The highest BCUT2D eigenvalue weighted by Crippen LogP contribution is 2.12. The van der Waals surface area contributed by atoms with Crippen molar-refractivity contribution in [3.05, 3.63) is 35.1 Å². The van der Waals surface area contributed by atoms with Crippen molar-refractivity contribution in [3.63, 3.8) is 0 Å². The highest BCUT2D eigenvalue weighted by molar-refractivity contribution is 5.69. The van der Waals surface area contributed by atoms with Gasteiger partial charge in [0.15, 0.2) is 0 Å². The minimum atomic E-state index is -0.851. The Bertz CT molecular complexity index is 497. The van der Waals surface area contributed by atoms with Crippen LogP contribution in [0.15, 0.2) is 18.2 Å². The zero-order chi connectivity index (χ0) is 14.4. The Morgan fingerprint density at radius 1 is 1.53 bits per heavy atom. The summed E-state index contributed by atoms with van der Waals surface area (Å²) in [6.07, 6.45) is 0. The van der Waals surface area contributed by atoms with Crippen LogP contribution in [0.1, 0.15) is 25.0 Å². The van der Waals surface area contributed by atoms with E-state index in [1.54, 1.807) is 13.0 Å². The Labute approximate surface area is 112 Å². The van der Waals surface area contributed by atoms with Crippen LogP contribution in [0.4, 0.5) is 4.39 Å². The number of halogens is 1. The smallest absolute Gasteiger partial charge is 0.307 e. The van der Waals surface area contributed by atoms with Gasteiger partial charge in [0.2, 0.25) is 0 Å². The van der Waals surface area contributed by atoms with E-state index in [0.717, 1.165) is 0 Å². The molecular formula is C14H17FN2O2. The summed E-state index contributed by atoms with van der Waals surface area (Å²) < 4.78 is 13.3. The van der Waals surface area contributed by atoms with Gasteiger partial charge in [0.1, 0.15) is 5.82 Å². The van der Waals surface area contributed by atoms with Crippen LogP contribution >= 0.6 is 0 Å². The molecule has 0 saturated carbocycles. The zero-order valence-corrected chi connectivity index (χ0v) is 11.1. The maximum atomic E-state index is 13.3. The molecule has 5 heteroatoms. The van der Waals surface area contributed by atoms with Gasteiger partial charge in [-0.05, 0) is 30.3 Å². The normalized spacial score (nSPS) is 12.2. The molecule has 0 amide bonds. The fourth-order valence-corrected chi connectivity index (χ4v) is 1.84. The molecule has 4 nitrogen and oxygen atoms in total. The fourth-order valence-electron chi connectivity index (χ4n) is 1.84. The first-order chi connectivity index (χ1) is 8.96. The monoisotopic (exact) mass is 264 g/mol. The van der Waals surface area contributed by atoms with Gasteiger partial charge in [0.25, 0.3) is 0 Å². The molecule has 19 heavy (non-hydrogen) atoms. The Morgan fingerprint density at radius 2 is 2.21 bits per heavy atom. The Morgan fingerprint density at radius 3 is 2.74 bits per heavy atom. The summed E-state index contributed by atoms with van der Waals surface area (Å²) in [6, 6.07) is 6.08. The third kappa shape index (κ3) is 4.68. The SMILES string of the molecule is CCN(Cc1cc(F)cc(C#N)c1)CC(C)C(=O)O. The Balaban J connectivity index is 2.78. The van der Waals surface area contributed by atoms with Crippen molar-refractivity contribution in [2.75, 3.05) is 13.1 Å². The van der Waals surface area contributed by atoms with E-state index in [1.807, 2.05) is 17.9 Å². The van der Waals surface area contributed by atoms with E-state index in [0.29, 0.717) is 25.2 Å². The van der Waals surface area contributed by atoms with Gasteiger partial charge in [-0.15, -0.1) is 0 Å². The number of nitrogens with zero attached hydrogens (tertiary/aromatic N) is 2. The van der Waals surface area contributed by atoms with Gasteiger partial charge in [-0.2, -0.15) is 5.26 Å². The molecule has 1 atom stereocenters. The predicted octanol–water partition coefficient (Wildman–Crippen LogP) is 2.24. The molecule has 1 aromatic rings. The van der Waals surface area contributed by atoms with Crippen LogP contribution < -0.4 is 0 Å². The van der Waals surface area contributed by atoms with Crippen molar-refractivity contribution in [2.24, 2.45) is 5.92 Å². The van der Waals surface area contributed by atoms with E-state index < -0.39 is 17.7 Å². The van der Waals surface area contributed by atoms with Crippen molar-refractivity contribution in [2.45, 2.75) is 20.4 Å². The van der Waals surface area contributed by atoms with Crippen LogP contribution in [0.3, 0.4) is 0 Å². The molecule has 0 heterocycles. The lowest BCUT2D eigenvalue weighted by Gasteiger charge is -2.22. The average molecular weight is 264 g/mol.